The van der Waals surface area contributed by atoms with Gasteiger partial charge in [-0.25, -0.2) is 8.42 Å². The molecule has 0 saturated carbocycles. The van der Waals surface area contributed by atoms with Gasteiger partial charge in [-0.1, -0.05) is 30.3 Å². The molecule has 0 fully saturated rings. The lowest BCUT2D eigenvalue weighted by molar-refractivity contribution is -0.112. The van der Waals surface area contributed by atoms with Crippen LogP contribution >= 0.6 is 11.6 Å². The van der Waals surface area contributed by atoms with Gasteiger partial charge in [0.1, 0.15) is 6.04 Å². The number of fused-ring (bicyclic) bond motifs is 1. The Morgan fingerprint density at radius 1 is 1.15 bits per heavy atom. The minimum Gasteiger partial charge on any atom is -0.279 e. The molecule has 0 aromatic heterocycles. The molecule has 2 aromatic carbocycles. The lowest BCUT2D eigenvalue weighted by atomic mass is 10.1. The van der Waals surface area contributed by atoms with Crippen LogP contribution < -0.4 is 4.31 Å². The molecule has 6 heteroatoms. The second kappa shape index (κ2) is 5.42. The van der Waals surface area contributed by atoms with Crippen molar-refractivity contribution < 1.29 is 13.2 Å². The highest BCUT2D eigenvalue weighted by molar-refractivity contribution is 7.92. The predicted molar refractivity (Wildman–Crippen MR) is 81.6 cm³/mol. The van der Waals surface area contributed by atoms with Crippen molar-refractivity contribution in [2.24, 2.45) is 0 Å². The van der Waals surface area contributed by atoms with Gasteiger partial charge in [0.25, 0.3) is 0 Å². The van der Waals surface area contributed by atoms with Gasteiger partial charge in [-0.05, 0) is 41.4 Å². The third kappa shape index (κ3) is 2.94. The Labute approximate surface area is 123 Å². The zero-order valence-electron chi connectivity index (χ0n) is 11.1. The second-order valence-electron chi connectivity index (χ2n) is 4.57. The van der Waals surface area contributed by atoms with E-state index in [1.165, 1.54) is 6.92 Å². The Morgan fingerprint density at radius 2 is 1.75 bits per heavy atom. The maximum Gasteiger partial charge on any atom is 0.245 e. The molecule has 2 rings (SSSR count). The summed E-state index contributed by atoms with van der Waals surface area (Å²) in [6, 6.07) is 11.8. The van der Waals surface area contributed by atoms with Crippen molar-refractivity contribution in [3.8, 4) is 0 Å². The maximum absolute atomic E-state index is 11.9. The minimum atomic E-state index is -3.60. The van der Waals surface area contributed by atoms with E-state index in [2.05, 4.69) is 0 Å². The zero-order valence-corrected chi connectivity index (χ0v) is 12.6. The molecule has 0 heterocycles. The molecule has 0 bridgehead atoms. The largest absolute Gasteiger partial charge is 0.279 e. The Morgan fingerprint density at radius 3 is 2.30 bits per heavy atom. The van der Waals surface area contributed by atoms with Gasteiger partial charge in [0.2, 0.25) is 15.3 Å². The molecule has 0 aliphatic carbocycles. The highest BCUT2D eigenvalue weighted by Gasteiger charge is 2.28. The van der Waals surface area contributed by atoms with Crippen molar-refractivity contribution in [2.45, 2.75) is 13.0 Å². The van der Waals surface area contributed by atoms with Gasteiger partial charge >= 0.3 is 0 Å². The number of anilines is 1. The molecule has 0 spiro atoms. The average Bonchev–Trinajstić information content (AvgIpc) is 2.37. The molecule has 0 amide bonds. The van der Waals surface area contributed by atoms with Gasteiger partial charge in [-0.3, -0.25) is 9.10 Å². The number of hydrogen-bond acceptors (Lipinski definition) is 3. The molecule has 0 aliphatic rings. The molecular formula is C14H14ClNO3S. The number of halogens is 1. The minimum absolute atomic E-state index is 0.424. The monoisotopic (exact) mass is 311 g/mol. The smallest absolute Gasteiger partial charge is 0.245 e. The fourth-order valence-electron chi connectivity index (χ4n) is 2.11. The molecule has 2 aromatic rings. The van der Waals surface area contributed by atoms with E-state index in [4.69, 9.17) is 11.6 Å². The quantitative estimate of drug-likeness (QED) is 0.816. The summed E-state index contributed by atoms with van der Waals surface area (Å²) < 4.78 is 24.9. The summed E-state index contributed by atoms with van der Waals surface area (Å²) in [7, 11) is -3.60. The van der Waals surface area contributed by atoms with Crippen LogP contribution in [0.5, 0.6) is 0 Å². The Hall–Kier alpha value is -1.59. The van der Waals surface area contributed by atoms with Crippen LogP contribution in [0.2, 0.25) is 0 Å². The van der Waals surface area contributed by atoms with Gasteiger partial charge in [-0.2, -0.15) is 0 Å². The van der Waals surface area contributed by atoms with E-state index in [9.17, 15) is 13.2 Å². The number of rotatable bonds is 4. The van der Waals surface area contributed by atoms with Crippen LogP contribution in [-0.4, -0.2) is 26.0 Å². The molecule has 1 unspecified atom stereocenters. The lowest BCUT2D eigenvalue weighted by Crippen LogP contribution is -2.41. The van der Waals surface area contributed by atoms with E-state index in [-0.39, 0.29) is 0 Å². The molecule has 0 N–H and O–H groups in total. The molecular weight excluding hydrogens is 298 g/mol. The van der Waals surface area contributed by atoms with Crippen molar-refractivity contribution in [3.05, 3.63) is 42.5 Å². The highest BCUT2D eigenvalue weighted by atomic mass is 35.5. The van der Waals surface area contributed by atoms with Gasteiger partial charge in [0.15, 0.2) is 0 Å². The van der Waals surface area contributed by atoms with E-state index in [1.54, 1.807) is 12.1 Å². The molecule has 0 aliphatic heterocycles. The fraction of sp³-hybridized carbons (Fsp3) is 0.214. The maximum atomic E-state index is 11.9. The number of nitrogens with zero attached hydrogens (tertiary/aromatic N) is 1. The number of carbonyl (C=O) groups is 1. The van der Waals surface area contributed by atoms with E-state index >= 15 is 0 Å². The van der Waals surface area contributed by atoms with Crippen LogP contribution in [0.1, 0.15) is 6.92 Å². The fourth-order valence-corrected chi connectivity index (χ4v) is 3.43. The van der Waals surface area contributed by atoms with Crippen molar-refractivity contribution in [2.75, 3.05) is 10.6 Å². The SMILES string of the molecule is CC(C(=O)Cl)N(c1ccc2ccccc2c1)S(C)(=O)=O. The van der Waals surface area contributed by atoms with Crippen LogP contribution in [0.25, 0.3) is 10.8 Å². The molecule has 1 atom stereocenters. The number of hydrogen-bond donors (Lipinski definition) is 0. The first-order valence-corrected chi connectivity index (χ1v) is 8.21. The van der Waals surface area contributed by atoms with Crippen LogP contribution in [0.4, 0.5) is 5.69 Å². The van der Waals surface area contributed by atoms with Crippen molar-refractivity contribution in [1.82, 2.24) is 0 Å². The Balaban J connectivity index is 2.60. The van der Waals surface area contributed by atoms with Gasteiger partial charge < -0.3 is 0 Å². The first-order chi connectivity index (χ1) is 9.30. The van der Waals surface area contributed by atoms with Gasteiger partial charge in [0, 0.05) is 0 Å². The Bertz CT molecular complexity index is 758. The standard InChI is InChI=1S/C14H14ClNO3S/c1-10(14(15)17)16(20(2,18)19)13-8-7-11-5-3-4-6-12(11)9-13/h3-10H,1-2H3. The van der Waals surface area contributed by atoms with Crippen molar-refractivity contribution in [1.29, 1.82) is 0 Å². The Kier molecular flexibility index (Phi) is 4.01. The normalized spacial score (nSPS) is 13.2. The van der Waals surface area contributed by atoms with E-state index in [1.807, 2.05) is 30.3 Å². The zero-order chi connectivity index (χ0) is 14.9. The summed E-state index contributed by atoms with van der Waals surface area (Å²) in [5, 5.41) is 1.17. The summed E-state index contributed by atoms with van der Waals surface area (Å²) in [4.78, 5) is 11.3. The van der Waals surface area contributed by atoms with Crippen LogP contribution in [0, 0.1) is 0 Å². The van der Waals surface area contributed by atoms with Crippen molar-refractivity contribution in [3.63, 3.8) is 0 Å². The summed E-state index contributed by atoms with van der Waals surface area (Å²) >= 11 is 5.45. The number of carbonyl (C=O) groups excluding carboxylic acids is 1. The number of benzene rings is 2. The predicted octanol–water partition coefficient (Wildman–Crippen LogP) is 2.76. The molecule has 106 valence electrons. The van der Waals surface area contributed by atoms with Gasteiger partial charge in [0.05, 0.1) is 11.9 Å². The first kappa shape index (κ1) is 14.8. The number of sulfonamides is 1. The first-order valence-electron chi connectivity index (χ1n) is 5.98. The van der Waals surface area contributed by atoms with E-state index < -0.39 is 21.3 Å². The topological polar surface area (TPSA) is 54.5 Å². The molecule has 20 heavy (non-hydrogen) atoms. The highest BCUT2D eigenvalue weighted by Crippen LogP contribution is 2.26. The van der Waals surface area contributed by atoms with E-state index in [0.717, 1.165) is 21.3 Å². The lowest BCUT2D eigenvalue weighted by Gasteiger charge is -2.26. The van der Waals surface area contributed by atoms with E-state index in [0.29, 0.717) is 5.69 Å². The van der Waals surface area contributed by atoms with Crippen LogP contribution in [0.3, 0.4) is 0 Å². The average molecular weight is 312 g/mol. The summed E-state index contributed by atoms with van der Waals surface area (Å²) in [6.07, 6.45) is 1.05. The third-order valence-corrected chi connectivity index (χ3v) is 4.58. The third-order valence-electron chi connectivity index (χ3n) is 3.03. The second-order valence-corrected chi connectivity index (χ2v) is 6.80. The summed E-state index contributed by atoms with van der Waals surface area (Å²) in [5.74, 6) is 0. The van der Waals surface area contributed by atoms with Gasteiger partial charge in [-0.15, -0.1) is 0 Å². The summed E-state index contributed by atoms with van der Waals surface area (Å²) in [6.45, 7) is 1.46. The molecule has 0 radical (unpaired) electrons. The summed E-state index contributed by atoms with van der Waals surface area (Å²) in [5.41, 5.74) is 0.424. The van der Waals surface area contributed by atoms with Crippen LogP contribution in [0.15, 0.2) is 42.5 Å². The van der Waals surface area contributed by atoms with Crippen LogP contribution in [-0.2, 0) is 14.8 Å². The molecule has 4 nitrogen and oxygen atoms in total. The van der Waals surface area contributed by atoms with Crippen molar-refractivity contribution >= 4 is 43.3 Å². The molecule has 0 saturated heterocycles.